The minimum atomic E-state index is -0.631. The number of hydrogen-bond acceptors (Lipinski definition) is 5. The van der Waals surface area contributed by atoms with Crippen LogP contribution in [0, 0.1) is 0 Å². The van der Waals surface area contributed by atoms with E-state index in [1.54, 1.807) is 18.2 Å². The Hall–Kier alpha value is -3.36. The van der Waals surface area contributed by atoms with Crippen LogP contribution in [0.25, 0.3) is 0 Å². The molecule has 3 aromatic rings. The lowest BCUT2D eigenvalue weighted by Gasteiger charge is -2.13. The van der Waals surface area contributed by atoms with E-state index in [4.69, 9.17) is 16.3 Å². The van der Waals surface area contributed by atoms with Crippen molar-refractivity contribution < 1.29 is 14.3 Å². The van der Waals surface area contributed by atoms with Crippen LogP contribution in [-0.2, 0) is 30.9 Å². The molecule has 0 fully saturated rings. The summed E-state index contributed by atoms with van der Waals surface area (Å²) in [5.74, 6) is -0.316. The topological polar surface area (TPSA) is 108 Å². The third kappa shape index (κ3) is 5.42. The van der Waals surface area contributed by atoms with Gasteiger partial charge in [0.05, 0.1) is 12.2 Å². The molecular weight excluding hydrogens is 418 g/mol. The van der Waals surface area contributed by atoms with Gasteiger partial charge in [0, 0.05) is 47.0 Å². The Morgan fingerprint density at radius 1 is 1.16 bits per heavy atom. The van der Waals surface area contributed by atoms with Crippen LogP contribution in [0.3, 0.4) is 0 Å². The maximum Gasteiger partial charge on any atom is 0.411 e. The maximum absolute atomic E-state index is 12.6. The zero-order chi connectivity index (χ0) is 21.6. The molecule has 0 spiro atoms. The van der Waals surface area contributed by atoms with Crippen LogP contribution in [0.2, 0.25) is 5.02 Å². The Labute approximate surface area is 184 Å². The number of aromatic nitrogens is 2. The van der Waals surface area contributed by atoms with Crippen LogP contribution >= 0.6 is 11.6 Å². The molecule has 0 radical (unpaired) electrons. The quantitative estimate of drug-likeness (QED) is 0.471. The van der Waals surface area contributed by atoms with Crippen molar-refractivity contribution in [1.82, 2.24) is 20.8 Å². The number of nitrogens with one attached hydrogen (secondary N) is 4. The number of fused-ring (bicyclic) bond motifs is 1. The highest BCUT2D eigenvalue weighted by Gasteiger charge is 2.17. The lowest BCUT2D eigenvalue weighted by Crippen LogP contribution is -2.27. The lowest BCUT2D eigenvalue weighted by molar-refractivity contribution is 0.0950. The van der Waals surface area contributed by atoms with Gasteiger partial charge in [-0.3, -0.25) is 15.2 Å². The van der Waals surface area contributed by atoms with Gasteiger partial charge in [-0.25, -0.2) is 4.79 Å². The molecule has 9 heteroatoms. The Bertz CT molecular complexity index is 1080. The molecule has 0 bridgehead atoms. The smallest absolute Gasteiger partial charge is 0.411 e. The Balaban J connectivity index is 1.36. The second kappa shape index (κ2) is 9.63. The number of carbonyl (C=O) groups excluding carboxylic acids is 2. The molecular formula is C22H22ClN5O3. The predicted molar refractivity (Wildman–Crippen MR) is 117 cm³/mol. The van der Waals surface area contributed by atoms with Crippen molar-refractivity contribution in [3.63, 3.8) is 0 Å². The molecule has 4 rings (SSSR count). The molecule has 2 amide bonds. The van der Waals surface area contributed by atoms with Gasteiger partial charge >= 0.3 is 6.09 Å². The second-order valence-corrected chi connectivity index (χ2v) is 7.59. The molecule has 0 aliphatic carbocycles. The van der Waals surface area contributed by atoms with Crippen LogP contribution in [0.4, 0.5) is 10.5 Å². The Kier molecular flexibility index (Phi) is 6.49. The summed E-state index contributed by atoms with van der Waals surface area (Å²) in [6.07, 6.45) is 0.258. The molecule has 1 aliphatic rings. The number of aromatic amines is 1. The van der Waals surface area contributed by atoms with E-state index in [-0.39, 0.29) is 12.5 Å². The molecule has 1 aromatic heterocycles. The Morgan fingerprint density at radius 2 is 2.00 bits per heavy atom. The number of ether oxygens (including phenoxy) is 1. The van der Waals surface area contributed by atoms with Gasteiger partial charge in [0.25, 0.3) is 5.91 Å². The van der Waals surface area contributed by atoms with Gasteiger partial charge in [-0.05, 0) is 23.8 Å². The normalized spacial score (nSPS) is 12.7. The van der Waals surface area contributed by atoms with E-state index in [1.165, 1.54) is 0 Å². The van der Waals surface area contributed by atoms with Crippen molar-refractivity contribution in [1.29, 1.82) is 0 Å². The third-order valence-electron chi connectivity index (χ3n) is 4.93. The van der Waals surface area contributed by atoms with E-state index >= 15 is 0 Å². The van der Waals surface area contributed by atoms with Gasteiger partial charge in [0.1, 0.15) is 6.61 Å². The Morgan fingerprint density at radius 3 is 2.84 bits per heavy atom. The summed E-state index contributed by atoms with van der Waals surface area (Å²) in [7, 11) is 0. The number of H-pyrrole nitrogens is 1. The molecule has 31 heavy (non-hydrogen) atoms. The standard InChI is InChI=1S/C22H22ClN5O3/c23-16-8-15(21(29)25-12-20-18-11-24-7-6-19(18)27-28-20)9-17(10-16)26-22(30)31-13-14-4-2-1-3-5-14/h1-5,8-10,24H,6-7,11-13H2,(H,25,29)(H,26,30)(H,27,28). The summed E-state index contributed by atoms with van der Waals surface area (Å²) < 4.78 is 5.21. The van der Waals surface area contributed by atoms with Crippen molar-refractivity contribution in [2.45, 2.75) is 26.1 Å². The number of carbonyl (C=O) groups is 2. The highest BCUT2D eigenvalue weighted by molar-refractivity contribution is 6.31. The van der Waals surface area contributed by atoms with Crippen LogP contribution in [0.5, 0.6) is 0 Å². The third-order valence-corrected chi connectivity index (χ3v) is 5.15. The fraction of sp³-hybridized carbons (Fsp3) is 0.227. The zero-order valence-electron chi connectivity index (χ0n) is 16.7. The van der Waals surface area contributed by atoms with Crippen molar-refractivity contribution in [2.75, 3.05) is 11.9 Å². The number of amides is 2. The first-order chi connectivity index (χ1) is 15.1. The summed E-state index contributed by atoms with van der Waals surface area (Å²) in [5.41, 5.74) is 4.58. The summed E-state index contributed by atoms with van der Waals surface area (Å²) in [6, 6.07) is 14.0. The van der Waals surface area contributed by atoms with Crippen molar-refractivity contribution in [3.05, 3.63) is 81.6 Å². The van der Waals surface area contributed by atoms with E-state index in [0.717, 1.165) is 42.0 Å². The zero-order valence-corrected chi connectivity index (χ0v) is 17.5. The average Bonchev–Trinajstić information content (AvgIpc) is 3.19. The molecule has 4 N–H and O–H groups in total. The van der Waals surface area contributed by atoms with Crippen LogP contribution in [-0.4, -0.2) is 28.7 Å². The number of anilines is 1. The molecule has 160 valence electrons. The molecule has 8 nitrogen and oxygen atoms in total. The predicted octanol–water partition coefficient (Wildman–Crippen LogP) is 3.39. The van der Waals surface area contributed by atoms with Gasteiger partial charge < -0.3 is 15.4 Å². The molecule has 0 saturated heterocycles. The summed E-state index contributed by atoms with van der Waals surface area (Å²) in [4.78, 5) is 24.7. The monoisotopic (exact) mass is 439 g/mol. The van der Waals surface area contributed by atoms with Gasteiger partial charge in [-0.15, -0.1) is 0 Å². The minimum Gasteiger partial charge on any atom is -0.444 e. The maximum atomic E-state index is 12.6. The highest BCUT2D eigenvalue weighted by Crippen LogP contribution is 2.20. The molecule has 2 heterocycles. The van der Waals surface area contributed by atoms with E-state index in [1.807, 2.05) is 30.3 Å². The highest BCUT2D eigenvalue weighted by atomic mass is 35.5. The molecule has 1 aliphatic heterocycles. The number of nitrogens with zero attached hydrogens (tertiary/aromatic N) is 1. The van der Waals surface area contributed by atoms with Gasteiger partial charge in [-0.1, -0.05) is 41.9 Å². The fourth-order valence-corrected chi connectivity index (χ4v) is 3.60. The van der Waals surface area contributed by atoms with E-state index in [2.05, 4.69) is 26.1 Å². The average molecular weight is 440 g/mol. The minimum absolute atomic E-state index is 0.142. The first-order valence-electron chi connectivity index (χ1n) is 9.90. The molecule has 0 atom stereocenters. The summed E-state index contributed by atoms with van der Waals surface area (Å²) >= 11 is 6.15. The van der Waals surface area contributed by atoms with Gasteiger partial charge in [0.15, 0.2) is 0 Å². The van der Waals surface area contributed by atoms with Crippen molar-refractivity contribution >= 4 is 29.3 Å². The SMILES string of the molecule is O=C(Nc1cc(Cl)cc(C(=O)NCc2n[nH]c3c2CNCC3)c1)OCc1ccccc1. The molecule has 0 unspecified atom stereocenters. The number of rotatable bonds is 6. The summed E-state index contributed by atoms with van der Waals surface area (Å²) in [5, 5.41) is 16.4. The van der Waals surface area contributed by atoms with Crippen molar-refractivity contribution in [2.24, 2.45) is 0 Å². The van der Waals surface area contributed by atoms with Crippen LogP contribution < -0.4 is 16.0 Å². The van der Waals surface area contributed by atoms with E-state index in [9.17, 15) is 9.59 Å². The number of halogens is 1. The van der Waals surface area contributed by atoms with E-state index < -0.39 is 6.09 Å². The van der Waals surface area contributed by atoms with Crippen LogP contribution in [0.1, 0.15) is 32.9 Å². The second-order valence-electron chi connectivity index (χ2n) is 7.15. The van der Waals surface area contributed by atoms with Crippen molar-refractivity contribution in [3.8, 4) is 0 Å². The number of benzene rings is 2. The molecule has 0 saturated carbocycles. The number of hydrogen-bond donors (Lipinski definition) is 4. The van der Waals surface area contributed by atoms with Crippen LogP contribution in [0.15, 0.2) is 48.5 Å². The van der Waals surface area contributed by atoms with E-state index in [0.29, 0.717) is 22.8 Å². The first-order valence-corrected chi connectivity index (χ1v) is 10.3. The largest absolute Gasteiger partial charge is 0.444 e. The lowest BCUT2D eigenvalue weighted by atomic mass is 10.1. The first kappa shape index (κ1) is 20.9. The van der Waals surface area contributed by atoms with Gasteiger partial charge in [-0.2, -0.15) is 5.10 Å². The fourth-order valence-electron chi connectivity index (χ4n) is 3.37. The van der Waals surface area contributed by atoms with Gasteiger partial charge in [0.2, 0.25) is 0 Å². The molecule has 2 aromatic carbocycles. The summed E-state index contributed by atoms with van der Waals surface area (Å²) in [6.45, 7) is 2.07.